The van der Waals surface area contributed by atoms with Crippen molar-refractivity contribution in [2.45, 2.75) is 31.8 Å². The highest BCUT2D eigenvalue weighted by Crippen LogP contribution is 2.00. The van der Waals surface area contributed by atoms with Crippen LogP contribution in [0.25, 0.3) is 0 Å². The van der Waals surface area contributed by atoms with E-state index >= 15 is 0 Å². The number of nitrogens with one attached hydrogen (secondary N) is 2. The second kappa shape index (κ2) is 7.56. The molecule has 6 nitrogen and oxygen atoms in total. The Kier molecular flexibility index (Phi) is 7.24. The topological polar surface area (TPSA) is 102 Å². The van der Waals surface area contributed by atoms with Crippen LogP contribution in [0.3, 0.4) is 0 Å². The van der Waals surface area contributed by atoms with Crippen LogP contribution in [0.2, 0.25) is 0 Å². The largest absolute Gasteiger partial charge is 0.394 e. The summed E-state index contributed by atoms with van der Waals surface area (Å²) in [5, 5.41) is 32.4. The molecule has 0 saturated carbocycles. The van der Waals surface area contributed by atoms with Crippen molar-refractivity contribution in [3.63, 3.8) is 0 Å². The first-order chi connectivity index (χ1) is 7.53. The van der Waals surface area contributed by atoms with E-state index in [1.165, 1.54) is 0 Å². The molecule has 1 unspecified atom stereocenters. The molecule has 0 aromatic heterocycles. The van der Waals surface area contributed by atoms with Gasteiger partial charge in [0.15, 0.2) is 0 Å². The molecule has 0 radical (unpaired) electrons. The predicted molar refractivity (Wildman–Crippen MR) is 59.9 cm³/mol. The van der Waals surface area contributed by atoms with Gasteiger partial charge >= 0.3 is 0 Å². The lowest BCUT2D eigenvalue weighted by molar-refractivity contribution is -0.121. The summed E-state index contributed by atoms with van der Waals surface area (Å²) >= 11 is 0. The maximum absolute atomic E-state index is 11.4. The first-order valence-corrected chi connectivity index (χ1v) is 5.40. The second-order valence-electron chi connectivity index (χ2n) is 3.99. The number of carbonyl (C=O) groups is 1. The van der Waals surface area contributed by atoms with Gasteiger partial charge in [-0.25, -0.2) is 0 Å². The van der Waals surface area contributed by atoms with E-state index in [2.05, 4.69) is 10.6 Å². The normalized spacial score (nSPS) is 13.6. The van der Waals surface area contributed by atoms with E-state index in [1.807, 2.05) is 13.8 Å². The first-order valence-electron chi connectivity index (χ1n) is 5.40. The van der Waals surface area contributed by atoms with Crippen molar-refractivity contribution >= 4 is 5.91 Å². The van der Waals surface area contributed by atoms with E-state index in [0.717, 1.165) is 6.42 Å². The van der Waals surface area contributed by atoms with E-state index in [-0.39, 0.29) is 18.5 Å². The van der Waals surface area contributed by atoms with Crippen LogP contribution in [-0.4, -0.2) is 59.2 Å². The van der Waals surface area contributed by atoms with Crippen LogP contribution in [-0.2, 0) is 4.79 Å². The molecule has 5 N–H and O–H groups in total. The van der Waals surface area contributed by atoms with Crippen molar-refractivity contribution in [3.05, 3.63) is 0 Å². The van der Waals surface area contributed by atoms with E-state index < -0.39 is 25.4 Å². The number of amides is 1. The number of rotatable bonds is 8. The van der Waals surface area contributed by atoms with Crippen molar-refractivity contribution in [2.24, 2.45) is 0 Å². The average Bonchev–Trinajstić information content (AvgIpc) is 2.31. The van der Waals surface area contributed by atoms with Gasteiger partial charge in [0.2, 0.25) is 5.91 Å². The molecule has 1 amide bonds. The molecule has 0 saturated heterocycles. The fourth-order valence-electron chi connectivity index (χ4n) is 1.01. The number of aliphatic hydroxyl groups is 3. The fourth-order valence-corrected chi connectivity index (χ4v) is 1.01. The van der Waals surface area contributed by atoms with E-state index in [0.29, 0.717) is 0 Å². The molecule has 0 rings (SSSR count). The molecule has 16 heavy (non-hydrogen) atoms. The Morgan fingerprint density at radius 1 is 1.25 bits per heavy atom. The summed E-state index contributed by atoms with van der Waals surface area (Å²) in [7, 11) is 0. The molecule has 0 heterocycles. The fraction of sp³-hybridized carbons (Fsp3) is 0.900. The third kappa shape index (κ3) is 4.89. The maximum Gasteiger partial charge on any atom is 0.234 e. The summed E-state index contributed by atoms with van der Waals surface area (Å²) in [4.78, 5) is 11.4. The Bertz CT molecular complexity index is 199. The van der Waals surface area contributed by atoms with Crippen LogP contribution < -0.4 is 10.6 Å². The molecule has 0 fully saturated rings. The number of hydrogen-bond acceptors (Lipinski definition) is 5. The number of carbonyl (C=O) groups excluding carboxylic acids is 1. The molecular weight excluding hydrogens is 212 g/mol. The molecule has 6 heteroatoms. The lowest BCUT2D eigenvalue weighted by atomic mass is 10.0. The average molecular weight is 234 g/mol. The van der Waals surface area contributed by atoms with Gasteiger partial charge in [-0.3, -0.25) is 10.1 Å². The maximum atomic E-state index is 11.4. The van der Waals surface area contributed by atoms with Gasteiger partial charge in [-0.2, -0.15) is 0 Å². The molecule has 0 aromatic carbocycles. The van der Waals surface area contributed by atoms with E-state index in [4.69, 9.17) is 15.3 Å². The Morgan fingerprint density at radius 3 is 2.12 bits per heavy atom. The van der Waals surface area contributed by atoms with Crippen LogP contribution >= 0.6 is 0 Å². The summed E-state index contributed by atoms with van der Waals surface area (Å²) in [6.07, 6.45) is 0.830. The van der Waals surface area contributed by atoms with Crippen molar-refractivity contribution in [2.75, 3.05) is 26.4 Å². The van der Waals surface area contributed by atoms with Gasteiger partial charge in [0.05, 0.1) is 31.9 Å². The van der Waals surface area contributed by atoms with Crippen LogP contribution in [0, 0.1) is 0 Å². The highest BCUT2D eigenvalue weighted by molar-refractivity contribution is 5.78. The Hall–Kier alpha value is -0.690. The first kappa shape index (κ1) is 15.3. The minimum absolute atomic E-state index is 0.0496. The zero-order valence-corrected chi connectivity index (χ0v) is 9.86. The Labute approximate surface area is 95.7 Å². The van der Waals surface area contributed by atoms with Crippen molar-refractivity contribution in [1.82, 2.24) is 10.6 Å². The summed E-state index contributed by atoms with van der Waals surface area (Å²) in [5.41, 5.74) is -1.20. The highest BCUT2D eigenvalue weighted by atomic mass is 16.3. The Morgan fingerprint density at radius 2 is 1.75 bits per heavy atom. The smallest absolute Gasteiger partial charge is 0.234 e. The van der Waals surface area contributed by atoms with Crippen LogP contribution in [0.1, 0.15) is 20.3 Å². The molecule has 0 aliphatic carbocycles. The van der Waals surface area contributed by atoms with Crippen molar-refractivity contribution < 1.29 is 20.1 Å². The third-order valence-corrected chi connectivity index (χ3v) is 2.55. The highest BCUT2D eigenvalue weighted by Gasteiger charge is 2.27. The molecule has 96 valence electrons. The predicted octanol–water partition coefficient (Wildman–Crippen LogP) is -1.79. The zero-order chi connectivity index (χ0) is 12.6. The monoisotopic (exact) mass is 234 g/mol. The Balaban J connectivity index is 4.06. The zero-order valence-electron chi connectivity index (χ0n) is 9.86. The lowest BCUT2D eigenvalue weighted by Crippen LogP contribution is -2.57. The minimum Gasteiger partial charge on any atom is -0.394 e. The van der Waals surface area contributed by atoms with Gasteiger partial charge < -0.3 is 20.6 Å². The SMILES string of the molecule is CCC(C)NC(=O)CNC(CO)(CO)CO. The summed E-state index contributed by atoms with van der Waals surface area (Å²) in [6, 6.07) is 0.0843. The standard InChI is InChI=1S/C10H22N2O4/c1-3-8(2)12-9(16)4-11-10(5-13,6-14)7-15/h8,11,13-15H,3-7H2,1-2H3,(H,12,16). The van der Waals surface area contributed by atoms with Crippen molar-refractivity contribution in [3.8, 4) is 0 Å². The van der Waals surface area contributed by atoms with Crippen LogP contribution in [0.4, 0.5) is 0 Å². The van der Waals surface area contributed by atoms with Crippen LogP contribution in [0.15, 0.2) is 0 Å². The van der Waals surface area contributed by atoms with E-state index in [9.17, 15) is 4.79 Å². The second-order valence-corrected chi connectivity index (χ2v) is 3.99. The summed E-state index contributed by atoms with van der Waals surface area (Å²) in [5.74, 6) is -0.228. The summed E-state index contributed by atoms with van der Waals surface area (Å²) < 4.78 is 0. The molecule has 0 bridgehead atoms. The van der Waals surface area contributed by atoms with Gasteiger partial charge in [0.25, 0.3) is 0 Å². The molecule has 0 spiro atoms. The van der Waals surface area contributed by atoms with Gasteiger partial charge in [-0.15, -0.1) is 0 Å². The van der Waals surface area contributed by atoms with Gasteiger partial charge in [0.1, 0.15) is 0 Å². The van der Waals surface area contributed by atoms with Crippen molar-refractivity contribution in [1.29, 1.82) is 0 Å². The minimum atomic E-state index is -1.20. The van der Waals surface area contributed by atoms with Gasteiger partial charge in [0, 0.05) is 6.04 Å². The van der Waals surface area contributed by atoms with Gasteiger partial charge in [-0.05, 0) is 13.3 Å². The quantitative estimate of drug-likeness (QED) is 0.341. The molecular formula is C10H22N2O4. The van der Waals surface area contributed by atoms with Gasteiger partial charge in [-0.1, -0.05) is 6.92 Å². The number of hydrogen-bond donors (Lipinski definition) is 5. The number of aliphatic hydroxyl groups excluding tert-OH is 3. The summed E-state index contributed by atoms with van der Waals surface area (Å²) in [6.45, 7) is 2.49. The lowest BCUT2D eigenvalue weighted by Gasteiger charge is -2.28. The molecule has 1 atom stereocenters. The van der Waals surface area contributed by atoms with E-state index in [1.54, 1.807) is 0 Å². The molecule has 0 aromatic rings. The third-order valence-electron chi connectivity index (χ3n) is 2.55. The molecule has 0 aliphatic heterocycles. The van der Waals surface area contributed by atoms with Crippen LogP contribution in [0.5, 0.6) is 0 Å². The molecule has 0 aliphatic rings.